The van der Waals surface area contributed by atoms with Crippen molar-refractivity contribution < 1.29 is 33.4 Å². The van der Waals surface area contributed by atoms with Gasteiger partial charge in [-0.05, 0) is 19.4 Å². The standard InChI is InChI=1S/C19H22N2O7S/c1-11(22)27-10-28-17(24)14-19(2,3)29-16-13(15(23)21(14)16)20-18(25)26-9-12-7-5-4-6-8-12/h4-8,13-14,16H,9-10H2,1-3H3,(H,20,25)/t13-,14+,16-/m1/s1. The molecule has 2 aliphatic heterocycles. The highest BCUT2D eigenvalue weighted by Crippen LogP contribution is 2.51. The Morgan fingerprint density at radius 2 is 1.83 bits per heavy atom. The fourth-order valence-electron chi connectivity index (χ4n) is 3.27. The SMILES string of the molecule is CC(=O)OCOC(=O)[C@@H]1N2C(=O)[C@@H](NC(=O)OCc3ccccc3)[C@H]2SC1(C)C. The lowest BCUT2D eigenvalue weighted by molar-refractivity contribution is -0.175. The average Bonchev–Trinajstić information content (AvgIpc) is 2.93. The monoisotopic (exact) mass is 422 g/mol. The number of nitrogens with zero attached hydrogens (tertiary/aromatic N) is 1. The van der Waals surface area contributed by atoms with Crippen LogP contribution in [-0.4, -0.2) is 57.8 Å². The molecule has 0 saturated carbocycles. The van der Waals surface area contributed by atoms with Gasteiger partial charge in [-0.2, -0.15) is 0 Å². The molecule has 1 aromatic carbocycles. The molecule has 9 nitrogen and oxygen atoms in total. The van der Waals surface area contributed by atoms with Gasteiger partial charge in [-0.15, -0.1) is 11.8 Å². The second-order valence-electron chi connectivity index (χ2n) is 7.16. The van der Waals surface area contributed by atoms with E-state index in [2.05, 4.69) is 10.1 Å². The minimum absolute atomic E-state index is 0.0890. The summed E-state index contributed by atoms with van der Waals surface area (Å²) in [6, 6.07) is 7.55. The Morgan fingerprint density at radius 3 is 2.48 bits per heavy atom. The molecule has 0 unspecified atom stereocenters. The van der Waals surface area contributed by atoms with Gasteiger partial charge in [-0.1, -0.05) is 30.3 Å². The third-order valence-corrected chi connectivity index (χ3v) is 6.19. The summed E-state index contributed by atoms with van der Waals surface area (Å²) in [5, 5.41) is 2.16. The zero-order valence-corrected chi connectivity index (χ0v) is 17.1. The molecule has 2 amide bonds. The fourth-order valence-corrected chi connectivity index (χ4v) is 4.89. The van der Waals surface area contributed by atoms with Gasteiger partial charge >= 0.3 is 18.0 Å². The summed E-state index contributed by atoms with van der Waals surface area (Å²) >= 11 is 1.39. The summed E-state index contributed by atoms with van der Waals surface area (Å²) in [7, 11) is 0. The number of esters is 2. The van der Waals surface area contributed by atoms with Crippen molar-refractivity contribution in [3.63, 3.8) is 0 Å². The molecule has 0 radical (unpaired) electrons. The van der Waals surface area contributed by atoms with Crippen molar-refractivity contribution in [3.8, 4) is 0 Å². The third kappa shape index (κ3) is 4.47. The summed E-state index contributed by atoms with van der Waals surface area (Å²) in [5.41, 5.74) is 0.830. The normalized spacial score (nSPS) is 24.2. The van der Waals surface area contributed by atoms with Crippen molar-refractivity contribution in [2.45, 2.75) is 49.6 Å². The average molecular weight is 422 g/mol. The summed E-state index contributed by atoms with van der Waals surface area (Å²) in [6.07, 6.45) is -0.703. The smallest absolute Gasteiger partial charge is 0.408 e. The van der Waals surface area contributed by atoms with Crippen molar-refractivity contribution in [1.82, 2.24) is 10.2 Å². The largest absolute Gasteiger partial charge is 0.445 e. The highest BCUT2D eigenvalue weighted by molar-refractivity contribution is 8.01. The third-order valence-electron chi connectivity index (χ3n) is 4.61. The topological polar surface area (TPSA) is 111 Å². The number of amides is 2. The van der Waals surface area contributed by atoms with Crippen LogP contribution in [0, 0.1) is 0 Å². The number of rotatable bonds is 6. The Labute approximate surface area is 172 Å². The number of carbonyl (C=O) groups is 4. The van der Waals surface area contributed by atoms with Crippen molar-refractivity contribution in [1.29, 1.82) is 0 Å². The van der Waals surface area contributed by atoms with Crippen LogP contribution in [0.4, 0.5) is 4.79 Å². The molecule has 1 aromatic rings. The molecule has 0 aromatic heterocycles. The van der Waals surface area contributed by atoms with E-state index in [1.54, 1.807) is 0 Å². The quantitative estimate of drug-likeness (QED) is 0.416. The molecular weight excluding hydrogens is 400 g/mol. The molecule has 29 heavy (non-hydrogen) atoms. The number of hydrogen-bond donors (Lipinski definition) is 1. The number of fused-ring (bicyclic) bond motifs is 1. The van der Waals surface area contributed by atoms with Crippen LogP contribution in [0.25, 0.3) is 0 Å². The molecule has 0 spiro atoms. The second kappa shape index (κ2) is 8.32. The van der Waals surface area contributed by atoms with E-state index in [1.807, 2.05) is 44.2 Å². The molecule has 2 aliphatic rings. The molecule has 0 aliphatic carbocycles. The maximum Gasteiger partial charge on any atom is 0.408 e. The number of alkyl carbamates (subject to hydrolysis) is 1. The van der Waals surface area contributed by atoms with Crippen LogP contribution in [0.1, 0.15) is 26.3 Å². The van der Waals surface area contributed by atoms with E-state index < -0.39 is 47.0 Å². The fraction of sp³-hybridized carbons (Fsp3) is 0.474. The van der Waals surface area contributed by atoms with E-state index >= 15 is 0 Å². The van der Waals surface area contributed by atoms with Crippen LogP contribution in [0.3, 0.4) is 0 Å². The Morgan fingerprint density at radius 1 is 1.14 bits per heavy atom. The van der Waals surface area contributed by atoms with Gasteiger partial charge < -0.3 is 24.4 Å². The Bertz CT molecular complexity index is 814. The number of benzene rings is 1. The summed E-state index contributed by atoms with van der Waals surface area (Å²) < 4.78 is 14.1. The van der Waals surface area contributed by atoms with Gasteiger partial charge in [0.15, 0.2) is 0 Å². The van der Waals surface area contributed by atoms with Gasteiger partial charge in [0.25, 0.3) is 0 Å². The number of carbonyl (C=O) groups excluding carboxylic acids is 4. The minimum Gasteiger partial charge on any atom is -0.445 e. The zero-order chi connectivity index (χ0) is 21.2. The molecule has 3 atom stereocenters. The highest BCUT2D eigenvalue weighted by Gasteiger charge is 2.64. The number of hydrogen-bond acceptors (Lipinski definition) is 8. The molecule has 156 valence electrons. The van der Waals surface area contributed by atoms with Gasteiger partial charge in [0.05, 0.1) is 0 Å². The van der Waals surface area contributed by atoms with Crippen molar-refractivity contribution in [2.24, 2.45) is 0 Å². The molecule has 1 N–H and O–H groups in total. The van der Waals surface area contributed by atoms with Crippen LogP contribution in [0.15, 0.2) is 30.3 Å². The molecule has 10 heteroatoms. The van der Waals surface area contributed by atoms with Crippen molar-refractivity contribution >= 4 is 35.7 Å². The van der Waals surface area contributed by atoms with Gasteiger partial charge in [-0.3, -0.25) is 9.59 Å². The Hall–Kier alpha value is -2.75. The maximum absolute atomic E-state index is 12.6. The predicted octanol–water partition coefficient (Wildman–Crippen LogP) is 1.41. The van der Waals surface area contributed by atoms with E-state index in [1.165, 1.54) is 23.6 Å². The van der Waals surface area contributed by atoms with E-state index in [0.29, 0.717) is 0 Å². The molecule has 2 saturated heterocycles. The van der Waals surface area contributed by atoms with E-state index in [0.717, 1.165) is 5.56 Å². The minimum atomic E-state index is -0.848. The van der Waals surface area contributed by atoms with E-state index in [-0.39, 0.29) is 12.5 Å². The lowest BCUT2D eigenvalue weighted by Crippen LogP contribution is -2.70. The molecule has 2 fully saturated rings. The van der Waals surface area contributed by atoms with Gasteiger partial charge in [0, 0.05) is 11.7 Å². The van der Waals surface area contributed by atoms with E-state index in [4.69, 9.17) is 9.47 Å². The number of thioether (sulfide) groups is 1. The molecule has 3 rings (SSSR count). The summed E-state index contributed by atoms with van der Waals surface area (Å²) in [6.45, 7) is 4.40. The lowest BCUT2D eigenvalue weighted by Gasteiger charge is -2.43. The van der Waals surface area contributed by atoms with Gasteiger partial charge in [-0.25, -0.2) is 9.59 Å². The van der Waals surface area contributed by atoms with Crippen LogP contribution in [0.2, 0.25) is 0 Å². The Kier molecular flexibility index (Phi) is 6.02. The van der Waals surface area contributed by atoms with Crippen LogP contribution in [-0.2, 0) is 35.2 Å². The van der Waals surface area contributed by atoms with Crippen LogP contribution in [0.5, 0.6) is 0 Å². The second-order valence-corrected chi connectivity index (χ2v) is 8.93. The first-order valence-corrected chi connectivity index (χ1v) is 9.86. The number of ether oxygens (including phenoxy) is 3. The summed E-state index contributed by atoms with van der Waals surface area (Å²) in [4.78, 5) is 49.3. The first-order valence-electron chi connectivity index (χ1n) is 8.98. The Balaban J connectivity index is 1.56. The van der Waals surface area contributed by atoms with Gasteiger partial charge in [0.2, 0.25) is 12.7 Å². The first kappa shape index (κ1) is 21.0. The first-order chi connectivity index (χ1) is 13.7. The van der Waals surface area contributed by atoms with Crippen LogP contribution < -0.4 is 5.32 Å². The molecular formula is C19H22N2O7S. The molecule has 2 heterocycles. The zero-order valence-electron chi connectivity index (χ0n) is 16.2. The number of nitrogens with one attached hydrogen (secondary N) is 1. The lowest BCUT2D eigenvalue weighted by atomic mass is 9.96. The molecule has 0 bridgehead atoms. The maximum atomic E-state index is 12.6. The number of β-lactam (4-membered cyclic amide) rings is 1. The van der Waals surface area contributed by atoms with Crippen molar-refractivity contribution in [2.75, 3.05) is 6.79 Å². The highest BCUT2D eigenvalue weighted by atomic mass is 32.2. The summed E-state index contributed by atoms with van der Waals surface area (Å²) in [5.74, 6) is -1.63. The predicted molar refractivity (Wildman–Crippen MR) is 102 cm³/mol. The van der Waals surface area contributed by atoms with Crippen LogP contribution >= 0.6 is 11.8 Å². The van der Waals surface area contributed by atoms with Gasteiger partial charge in [0.1, 0.15) is 24.1 Å². The van der Waals surface area contributed by atoms with E-state index in [9.17, 15) is 19.2 Å². The van der Waals surface area contributed by atoms with Crippen molar-refractivity contribution in [3.05, 3.63) is 35.9 Å².